The van der Waals surface area contributed by atoms with Crippen molar-refractivity contribution in [2.24, 2.45) is 0 Å². The lowest BCUT2D eigenvalue weighted by atomic mass is 10.4. The van der Waals surface area contributed by atoms with Crippen LogP contribution in [-0.4, -0.2) is 49.2 Å². The highest BCUT2D eigenvalue weighted by Gasteiger charge is 2.47. The number of hydrogen-bond acceptors (Lipinski definition) is 3. The van der Waals surface area contributed by atoms with E-state index in [9.17, 15) is 8.42 Å². The Kier molecular flexibility index (Phi) is 2.33. The smallest absolute Gasteiger partial charge is 0.231 e. The summed E-state index contributed by atoms with van der Waals surface area (Å²) < 4.78 is 25.3. The van der Waals surface area contributed by atoms with Crippen LogP contribution in [0.5, 0.6) is 0 Å². The van der Waals surface area contributed by atoms with Crippen LogP contribution >= 0.6 is 0 Å². The van der Waals surface area contributed by atoms with E-state index in [-0.39, 0.29) is 5.37 Å². The Morgan fingerprint density at radius 3 is 2.38 bits per heavy atom. The van der Waals surface area contributed by atoms with Gasteiger partial charge >= 0.3 is 0 Å². The Hall–Kier alpha value is -0.130. The normalized spacial score (nSPS) is 35.2. The Morgan fingerprint density at radius 1 is 1.31 bits per heavy atom. The molecule has 76 valence electrons. The van der Waals surface area contributed by atoms with Gasteiger partial charge in [-0.1, -0.05) is 6.92 Å². The molecule has 0 amide bonds. The first-order valence-corrected chi connectivity index (χ1v) is 6.39. The zero-order chi connectivity index (χ0) is 9.47. The lowest BCUT2D eigenvalue weighted by molar-refractivity contribution is 0.461. The molecule has 0 aromatic rings. The summed E-state index contributed by atoms with van der Waals surface area (Å²) in [4.78, 5) is 1.98. The van der Waals surface area contributed by atoms with Crippen LogP contribution in [0.1, 0.15) is 19.8 Å². The summed E-state index contributed by atoms with van der Waals surface area (Å²) in [6.45, 7) is 5.04. The molecule has 2 aliphatic heterocycles. The van der Waals surface area contributed by atoms with Gasteiger partial charge in [-0.25, -0.2) is 12.7 Å². The first kappa shape index (κ1) is 9.43. The second kappa shape index (κ2) is 3.22. The number of hydrogen-bond donors (Lipinski definition) is 0. The molecule has 4 nitrogen and oxygen atoms in total. The minimum atomic E-state index is -2.97. The van der Waals surface area contributed by atoms with Crippen molar-refractivity contribution in [2.75, 3.05) is 26.2 Å². The Bertz CT molecular complexity index is 283. The van der Waals surface area contributed by atoms with Crippen LogP contribution in [-0.2, 0) is 10.0 Å². The van der Waals surface area contributed by atoms with Crippen molar-refractivity contribution in [3.63, 3.8) is 0 Å². The number of sulfonamides is 1. The van der Waals surface area contributed by atoms with Gasteiger partial charge in [0.2, 0.25) is 10.0 Å². The Balaban J connectivity index is 2.04. The van der Waals surface area contributed by atoms with E-state index < -0.39 is 10.0 Å². The summed E-state index contributed by atoms with van der Waals surface area (Å²) in [7, 11) is -2.97. The third kappa shape index (κ3) is 1.60. The lowest BCUT2D eigenvalue weighted by Crippen LogP contribution is -2.33. The van der Waals surface area contributed by atoms with Gasteiger partial charge in [-0.2, -0.15) is 0 Å². The van der Waals surface area contributed by atoms with E-state index in [0.717, 1.165) is 39.0 Å². The highest BCUT2D eigenvalue weighted by molar-refractivity contribution is 7.90. The van der Waals surface area contributed by atoms with E-state index in [1.165, 1.54) is 0 Å². The van der Waals surface area contributed by atoms with Crippen LogP contribution in [0.3, 0.4) is 0 Å². The van der Waals surface area contributed by atoms with Gasteiger partial charge in [0.1, 0.15) is 5.37 Å². The van der Waals surface area contributed by atoms with E-state index in [4.69, 9.17) is 0 Å². The number of nitrogens with zero attached hydrogens (tertiary/aromatic N) is 2. The van der Waals surface area contributed by atoms with Crippen molar-refractivity contribution in [3.05, 3.63) is 0 Å². The van der Waals surface area contributed by atoms with E-state index >= 15 is 0 Å². The van der Waals surface area contributed by atoms with E-state index in [2.05, 4.69) is 0 Å². The molecular weight excluding hydrogens is 188 g/mol. The molecule has 0 aromatic carbocycles. The van der Waals surface area contributed by atoms with Crippen molar-refractivity contribution >= 4 is 10.0 Å². The average Bonchev–Trinajstić information content (AvgIpc) is 2.70. The second-order valence-corrected chi connectivity index (χ2v) is 5.78. The lowest BCUT2D eigenvalue weighted by Gasteiger charge is -2.14. The standard InChI is InChI=1S/C8H16N2O2S/c1-2-9-7-8(9)13(11,12)10-5-3-4-6-10/h8H,2-7H2,1H3. The Labute approximate surface area is 79.6 Å². The largest absolute Gasteiger partial charge is 0.283 e. The summed E-state index contributed by atoms with van der Waals surface area (Å²) in [5.74, 6) is 0. The molecule has 2 heterocycles. The van der Waals surface area contributed by atoms with Crippen LogP contribution in [0.2, 0.25) is 0 Å². The molecule has 0 N–H and O–H groups in total. The molecular formula is C8H16N2O2S. The molecule has 0 radical (unpaired) electrons. The maximum atomic E-state index is 11.8. The highest BCUT2D eigenvalue weighted by Crippen LogP contribution is 2.27. The predicted molar refractivity (Wildman–Crippen MR) is 50.8 cm³/mol. The Morgan fingerprint density at radius 2 is 1.92 bits per heavy atom. The summed E-state index contributed by atoms with van der Waals surface area (Å²) in [6.07, 6.45) is 2.05. The summed E-state index contributed by atoms with van der Waals surface area (Å²) in [6, 6.07) is 0. The maximum Gasteiger partial charge on any atom is 0.231 e. The number of rotatable bonds is 3. The van der Waals surface area contributed by atoms with Crippen LogP contribution in [0.4, 0.5) is 0 Å². The van der Waals surface area contributed by atoms with Crippen molar-refractivity contribution in [2.45, 2.75) is 25.1 Å². The van der Waals surface area contributed by atoms with Gasteiger partial charge in [0.25, 0.3) is 0 Å². The van der Waals surface area contributed by atoms with Crippen molar-refractivity contribution in [3.8, 4) is 0 Å². The van der Waals surface area contributed by atoms with Gasteiger partial charge in [-0.05, 0) is 19.4 Å². The minimum absolute atomic E-state index is 0.199. The molecule has 2 rings (SSSR count). The molecule has 0 aromatic heterocycles. The van der Waals surface area contributed by atoms with Gasteiger partial charge in [0.05, 0.1) is 0 Å². The fourth-order valence-electron chi connectivity index (χ4n) is 1.88. The molecule has 2 unspecified atom stereocenters. The summed E-state index contributed by atoms with van der Waals surface area (Å²) >= 11 is 0. The molecule has 13 heavy (non-hydrogen) atoms. The van der Waals surface area contributed by atoms with E-state index in [1.54, 1.807) is 4.31 Å². The van der Waals surface area contributed by atoms with E-state index in [0.29, 0.717) is 0 Å². The maximum absolute atomic E-state index is 11.8. The van der Waals surface area contributed by atoms with Crippen LogP contribution in [0, 0.1) is 0 Å². The molecule has 0 bridgehead atoms. The van der Waals surface area contributed by atoms with Crippen LogP contribution < -0.4 is 0 Å². The summed E-state index contributed by atoms with van der Waals surface area (Å²) in [5, 5.41) is -0.199. The predicted octanol–water partition coefficient (Wildman–Crippen LogP) is 0.0736. The van der Waals surface area contributed by atoms with Crippen molar-refractivity contribution < 1.29 is 8.42 Å². The highest BCUT2D eigenvalue weighted by atomic mass is 32.2. The average molecular weight is 204 g/mol. The quantitative estimate of drug-likeness (QED) is 0.611. The fourth-order valence-corrected chi connectivity index (χ4v) is 3.90. The number of likely N-dealkylation sites (N-methyl/N-ethyl adjacent to an activating group) is 1. The van der Waals surface area contributed by atoms with E-state index in [1.807, 2.05) is 11.8 Å². The zero-order valence-corrected chi connectivity index (χ0v) is 8.76. The van der Waals surface area contributed by atoms with Gasteiger partial charge in [-0.15, -0.1) is 0 Å². The first-order valence-electron chi connectivity index (χ1n) is 4.89. The first-order chi connectivity index (χ1) is 6.16. The fraction of sp³-hybridized carbons (Fsp3) is 1.00. The molecule has 2 saturated heterocycles. The molecule has 2 atom stereocenters. The molecule has 0 aliphatic carbocycles. The molecule has 2 aliphatic rings. The van der Waals surface area contributed by atoms with Crippen LogP contribution in [0.15, 0.2) is 0 Å². The monoisotopic (exact) mass is 204 g/mol. The molecule has 5 heteroatoms. The SMILES string of the molecule is CCN1CC1S(=O)(=O)N1CCCC1. The molecule has 0 spiro atoms. The van der Waals surface area contributed by atoms with Gasteiger partial charge in [-0.3, -0.25) is 4.90 Å². The van der Waals surface area contributed by atoms with Crippen molar-refractivity contribution in [1.29, 1.82) is 0 Å². The van der Waals surface area contributed by atoms with Gasteiger partial charge in [0.15, 0.2) is 0 Å². The van der Waals surface area contributed by atoms with Crippen molar-refractivity contribution in [1.82, 2.24) is 9.21 Å². The van der Waals surface area contributed by atoms with Gasteiger partial charge in [0, 0.05) is 19.6 Å². The van der Waals surface area contributed by atoms with Crippen LogP contribution in [0.25, 0.3) is 0 Å². The summed E-state index contributed by atoms with van der Waals surface area (Å²) in [5.41, 5.74) is 0. The zero-order valence-electron chi connectivity index (χ0n) is 7.94. The molecule has 0 saturated carbocycles. The third-order valence-corrected chi connectivity index (χ3v) is 5.06. The topological polar surface area (TPSA) is 40.4 Å². The second-order valence-electron chi connectivity index (χ2n) is 3.69. The third-order valence-electron chi connectivity index (χ3n) is 2.84. The van der Waals surface area contributed by atoms with Gasteiger partial charge < -0.3 is 0 Å². The molecule has 2 fully saturated rings. The minimum Gasteiger partial charge on any atom is -0.283 e.